The van der Waals surface area contributed by atoms with Crippen LogP contribution in [0, 0.1) is 0 Å². The minimum atomic E-state index is 0.328. The van der Waals surface area contributed by atoms with E-state index in [2.05, 4.69) is 0 Å². The highest BCUT2D eigenvalue weighted by Crippen LogP contribution is 2.32. The van der Waals surface area contributed by atoms with E-state index in [0.717, 1.165) is 20.7 Å². The van der Waals surface area contributed by atoms with Crippen molar-refractivity contribution < 1.29 is 9.84 Å². The molecule has 3 heteroatoms. The molecule has 0 saturated heterocycles. The number of phenols is 1. The zero-order chi connectivity index (χ0) is 12.4. The number of para-hydroxylation sites is 1. The Morgan fingerprint density at radius 2 is 1.83 bits per heavy atom. The molecule has 0 saturated carbocycles. The molecule has 1 heterocycles. The molecule has 2 aromatic carbocycles. The van der Waals surface area contributed by atoms with Crippen LogP contribution in [0.3, 0.4) is 0 Å². The van der Waals surface area contributed by atoms with Gasteiger partial charge in [-0.2, -0.15) is 0 Å². The number of phenolic OH excluding ortho intramolecular Hbond substituents is 1. The van der Waals surface area contributed by atoms with Gasteiger partial charge in [0.15, 0.2) is 0 Å². The molecule has 3 rings (SSSR count). The van der Waals surface area contributed by atoms with E-state index in [1.807, 2.05) is 48.5 Å². The molecule has 0 bridgehead atoms. The Hall–Kier alpha value is -2.00. The summed E-state index contributed by atoms with van der Waals surface area (Å²) in [6, 6.07) is 17.3. The van der Waals surface area contributed by atoms with Gasteiger partial charge >= 0.3 is 0 Å². The summed E-state index contributed by atoms with van der Waals surface area (Å²) in [5.41, 5.74) is 0. The molecule has 0 radical (unpaired) electrons. The van der Waals surface area contributed by atoms with E-state index in [-0.39, 0.29) is 0 Å². The molecule has 18 heavy (non-hydrogen) atoms. The third kappa shape index (κ3) is 2.17. The second kappa shape index (κ2) is 4.70. The van der Waals surface area contributed by atoms with Crippen molar-refractivity contribution in [3.05, 3.63) is 59.5 Å². The number of hydrogen-bond donors (Lipinski definition) is 1. The summed E-state index contributed by atoms with van der Waals surface area (Å²) in [6.07, 6.45) is 0. The van der Waals surface area contributed by atoms with Gasteiger partial charge in [0.2, 0.25) is 0 Å². The molecule has 0 spiro atoms. The standard InChI is InChI=1S/C15H12O2S/c16-14-7-4-8-15-13(14)9-12(18-15)10-17-11-5-2-1-3-6-11/h1-9,16H,10H2. The van der Waals surface area contributed by atoms with Crippen LogP contribution in [0.5, 0.6) is 11.5 Å². The lowest BCUT2D eigenvalue weighted by Crippen LogP contribution is -1.91. The molecule has 0 aliphatic rings. The van der Waals surface area contributed by atoms with Crippen molar-refractivity contribution in [2.24, 2.45) is 0 Å². The monoisotopic (exact) mass is 256 g/mol. The van der Waals surface area contributed by atoms with Crippen LogP contribution < -0.4 is 4.74 Å². The summed E-state index contributed by atoms with van der Waals surface area (Å²) < 4.78 is 6.78. The van der Waals surface area contributed by atoms with Crippen LogP contribution in [0.25, 0.3) is 10.1 Å². The van der Waals surface area contributed by atoms with E-state index in [0.29, 0.717) is 12.4 Å². The topological polar surface area (TPSA) is 29.5 Å². The molecule has 3 aromatic rings. The van der Waals surface area contributed by atoms with Gasteiger partial charge in [-0.25, -0.2) is 0 Å². The quantitative estimate of drug-likeness (QED) is 0.761. The highest BCUT2D eigenvalue weighted by Gasteiger charge is 2.05. The number of ether oxygens (including phenoxy) is 1. The minimum Gasteiger partial charge on any atom is -0.507 e. The van der Waals surface area contributed by atoms with Gasteiger partial charge in [0.1, 0.15) is 18.1 Å². The maximum Gasteiger partial charge on any atom is 0.124 e. The van der Waals surface area contributed by atoms with Crippen LogP contribution in [-0.2, 0) is 6.61 Å². The number of hydrogen-bond acceptors (Lipinski definition) is 3. The van der Waals surface area contributed by atoms with Crippen LogP contribution >= 0.6 is 11.3 Å². The fourth-order valence-electron chi connectivity index (χ4n) is 1.84. The van der Waals surface area contributed by atoms with Gasteiger partial charge in [-0.1, -0.05) is 24.3 Å². The molecule has 2 nitrogen and oxygen atoms in total. The third-order valence-electron chi connectivity index (χ3n) is 2.71. The molecule has 0 aliphatic carbocycles. The summed E-state index contributed by atoms with van der Waals surface area (Å²) in [5, 5.41) is 10.6. The Balaban J connectivity index is 1.81. The average molecular weight is 256 g/mol. The van der Waals surface area contributed by atoms with Crippen LogP contribution in [-0.4, -0.2) is 5.11 Å². The molecule has 0 aliphatic heterocycles. The molecular weight excluding hydrogens is 244 g/mol. The Kier molecular flexibility index (Phi) is 2.90. The lowest BCUT2D eigenvalue weighted by Gasteiger charge is -2.02. The normalized spacial score (nSPS) is 10.7. The van der Waals surface area contributed by atoms with Crippen LogP contribution in [0.4, 0.5) is 0 Å². The summed E-state index contributed by atoms with van der Waals surface area (Å²) in [7, 11) is 0. The fraction of sp³-hybridized carbons (Fsp3) is 0.0667. The van der Waals surface area contributed by atoms with Crippen molar-refractivity contribution in [1.82, 2.24) is 0 Å². The van der Waals surface area contributed by atoms with Gasteiger partial charge in [-0.3, -0.25) is 0 Å². The molecule has 0 amide bonds. The molecule has 90 valence electrons. The van der Waals surface area contributed by atoms with E-state index in [9.17, 15) is 5.11 Å². The first-order valence-electron chi connectivity index (χ1n) is 5.71. The van der Waals surface area contributed by atoms with Crippen molar-refractivity contribution in [3.63, 3.8) is 0 Å². The number of thiophene rings is 1. The Labute approximate surface area is 109 Å². The Morgan fingerprint density at radius 1 is 1.00 bits per heavy atom. The van der Waals surface area contributed by atoms with Crippen molar-refractivity contribution >= 4 is 21.4 Å². The van der Waals surface area contributed by atoms with E-state index in [4.69, 9.17) is 4.74 Å². The van der Waals surface area contributed by atoms with Gasteiger partial charge in [0.05, 0.1) is 0 Å². The van der Waals surface area contributed by atoms with E-state index in [1.165, 1.54) is 0 Å². The number of aromatic hydroxyl groups is 1. The van der Waals surface area contributed by atoms with Gasteiger partial charge in [0.25, 0.3) is 0 Å². The number of rotatable bonds is 3. The van der Waals surface area contributed by atoms with Gasteiger partial charge < -0.3 is 9.84 Å². The highest BCUT2D eigenvalue weighted by atomic mass is 32.1. The summed E-state index contributed by atoms with van der Waals surface area (Å²) in [4.78, 5) is 1.11. The SMILES string of the molecule is Oc1cccc2sc(COc3ccccc3)cc12. The molecule has 0 fully saturated rings. The molecule has 1 aromatic heterocycles. The van der Waals surface area contributed by atoms with Crippen LogP contribution in [0.15, 0.2) is 54.6 Å². The van der Waals surface area contributed by atoms with Crippen molar-refractivity contribution in [1.29, 1.82) is 0 Å². The first-order valence-corrected chi connectivity index (χ1v) is 6.53. The predicted molar refractivity (Wildman–Crippen MR) is 74.3 cm³/mol. The van der Waals surface area contributed by atoms with Crippen molar-refractivity contribution in [2.75, 3.05) is 0 Å². The lowest BCUT2D eigenvalue weighted by atomic mass is 10.2. The van der Waals surface area contributed by atoms with Crippen LogP contribution in [0.1, 0.15) is 4.88 Å². The molecule has 0 atom stereocenters. The zero-order valence-corrected chi connectivity index (χ0v) is 10.5. The van der Waals surface area contributed by atoms with Gasteiger partial charge in [-0.05, 0) is 30.3 Å². The Bertz CT molecular complexity index is 659. The van der Waals surface area contributed by atoms with E-state index < -0.39 is 0 Å². The highest BCUT2D eigenvalue weighted by molar-refractivity contribution is 7.19. The molecule has 0 unspecified atom stereocenters. The lowest BCUT2D eigenvalue weighted by molar-refractivity contribution is 0.310. The first kappa shape index (κ1) is 11.1. The second-order valence-electron chi connectivity index (χ2n) is 4.00. The Morgan fingerprint density at radius 3 is 2.61 bits per heavy atom. The van der Waals surface area contributed by atoms with Crippen molar-refractivity contribution in [2.45, 2.75) is 6.61 Å². The zero-order valence-electron chi connectivity index (χ0n) is 9.67. The first-order chi connectivity index (χ1) is 8.83. The maximum atomic E-state index is 9.74. The molecule has 1 N–H and O–H groups in total. The smallest absolute Gasteiger partial charge is 0.124 e. The molecular formula is C15H12O2S. The van der Waals surface area contributed by atoms with Gasteiger partial charge in [-0.15, -0.1) is 11.3 Å². The average Bonchev–Trinajstić information content (AvgIpc) is 2.82. The summed E-state index contributed by atoms with van der Waals surface area (Å²) in [6.45, 7) is 0.531. The van der Waals surface area contributed by atoms with E-state index >= 15 is 0 Å². The predicted octanol–water partition coefficient (Wildman–Crippen LogP) is 4.19. The van der Waals surface area contributed by atoms with Crippen molar-refractivity contribution in [3.8, 4) is 11.5 Å². The maximum absolute atomic E-state index is 9.74. The largest absolute Gasteiger partial charge is 0.507 e. The minimum absolute atomic E-state index is 0.328. The summed E-state index contributed by atoms with van der Waals surface area (Å²) >= 11 is 1.65. The second-order valence-corrected chi connectivity index (χ2v) is 5.17. The third-order valence-corrected chi connectivity index (χ3v) is 3.79. The fourth-order valence-corrected chi connectivity index (χ4v) is 2.84. The summed E-state index contributed by atoms with van der Waals surface area (Å²) in [5.74, 6) is 1.19. The number of fused-ring (bicyclic) bond motifs is 1. The van der Waals surface area contributed by atoms with Crippen LogP contribution in [0.2, 0.25) is 0 Å². The number of benzene rings is 2. The van der Waals surface area contributed by atoms with E-state index in [1.54, 1.807) is 17.4 Å². The van der Waals surface area contributed by atoms with Gasteiger partial charge in [0, 0.05) is 15.0 Å².